The fourth-order valence-electron chi connectivity index (χ4n) is 2.41. The van der Waals surface area contributed by atoms with Crippen LogP contribution in [0.15, 0.2) is 4.79 Å². The first-order valence-electron chi connectivity index (χ1n) is 7.15. The Labute approximate surface area is 128 Å². The molecule has 0 bridgehead atoms. The minimum absolute atomic E-state index is 0.0730. The molecule has 2 aromatic heterocycles. The summed E-state index contributed by atoms with van der Waals surface area (Å²) in [7, 11) is 0. The number of nitrogens with zero attached hydrogens (tertiary/aromatic N) is 2. The van der Waals surface area contributed by atoms with Crippen molar-refractivity contribution in [1.29, 1.82) is 0 Å². The summed E-state index contributed by atoms with van der Waals surface area (Å²) in [6.45, 7) is 11.4. The molecule has 0 amide bonds. The number of likely N-dealkylation sites (N-methyl/N-ethyl adjacent to an activating group) is 1. The second-order valence-corrected chi connectivity index (χ2v) is 7.29. The van der Waals surface area contributed by atoms with Gasteiger partial charge < -0.3 is 10.1 Å². The van der Waals surface area contributed by atoms with E-state index in [0.717, 1.165) is 21.8 Å². The van der Waals surface area contributed by atoms with Crippen LogP contribution in [-0.2, 0) is 6.54 Å². The molecule has 2 rings (SSSR count). The molecule has 5 nitrogen and oxygen atoms in total. The fraction of sp³-hybridized carbons (Fsp3) is 0.600. The van der Waals surface area contributed by atoms with E-state index in [1.807, 2.05) is 20.8 Å². The Morgan fingerprint density at radius 2 is 2.05 bits per heavy atom. The molecule has 0 unspecified atom stereocenters. The van der Waals surface area contributed by atoms with Gasteiger partial charge in [-0.15, -0.1) is 11.3 Å². The smallest absolute Gasteiger partial charge is 0.259 e. The van der Waals surface area contributed by atoms with Gasteiger partial charge in [0.2, 0.25) is 0 Å². The summed E-state index contributed by atoms with van der Waals surface area (Å²) in [6.07, 6.45) is 0. The molecule has 0 fully saturated rings. The fourth-order valence-corrected chi connectivity index (χ4v) is 3.46. The highest BCUT2D eigenvalue weighted by molar-refractivity contribution is 7.18. The zero-order valence-corrected chi connectivity index (χ0v) is 14.1. The van der Waals surface area contributed by atoms with E-state index in [1.54, 1.807) is 25.2 Å². The SMILES string of the molecule is CCN(Cc1nc2sc(C)c(C)c2c(=O)[nH]1)CC(C)(C)O. The van der Waals surface area contributed by atoms with E-state index in [0.29, 0.717) is 24.3 Å². The van der Waals surface area contributed by atoms with Crippen molar-refractivity contribution in [3.63, 3.8) is 0 Å². The van der Waals surface area contributed by atoms with Gasteiger partial charge in [0.25, 0.3) is 5.56 Å². The van der Waals surface area contributed by atoms with Gasteiger partial charge in [0.15, 0.2) is 0 Å². The number of H-pyrrole nitrogens is 1. The van der Waals surface area contributed by atoms with Crippen molar-refractivity contribution in [1.82, 2.24) is 14.9 Å². The molecule has 0 atom stereocenters. The lowest BCUT2D eigenvalue weighted by atomic mass is 10.1. The average molecular weight is 309 g/mol. The first-order valence-corrected chi connectivity index (χ1v) is 7.96. The maximum atomic E-state index is 12.2. The number of hydrogen-bond donors (Lipinski definition) is 2. The van der Waals surface area contributed by atoms with Crippen LogP contribution in [0.2, 0.25) is 0 Å². The Kier molecular flexibility index (Phi) is 4.51. The second kappa shape index (κ2) is 5.87. The predicted octanol–water partition coefficient (Wildman–Crippen LogP) is 2.19. The van der Waals surface area contributed by atoms with Gasteiger partial charge in [-0.3, -0.25) is 9.69 Å². The van der Waals surface area contributed by atoms with E-state index in [2.05, 4.69) is 14.9 Å². The Morgan fingerprint density at radius 1 is 1.38 bits per heavy atom. The van der Waals surface area contributed by atoms with Crippen LogP contribution in [0.3, 0.4) is 0 Å². The molecular formula is C15H23N3O2S. The maximum absolute atomic E-state index is 12.2. The van der Waals surface area contributed by atoms with E-state index >= 15 is 0 Å². The average Bonchev–Trinajstić information content (AvgIpc) is 2.62. The van der Waals surface area contributed by atoms with Crippen LogP contribution < -0.4 is 5.56 Å². The van der Waals surface area contributed by atoms with Gasteiger partial charge in [-0.1, -0.05) is 6.92 Å². The van der Waals surface area contributed by atoms with Crippen molar-refractivity contribution in [2.75, 3.05) is 13.1 Å². The molecule has 21 heavy (non-hydrogen) atoms. The third-order valence-corrected chi connectivity index (χ3v) is 4.62. The number of thiophene rings is 1. The molecule has 116 valence electrons. The van der Waals surface area contributed by atoms with Crippen molar-refractivity contribution in [2.45, 2.75) is 46.8 Å². The van der Waals surface area contributed by atoms with Crippen LogP contribution in [0.5, 0.6) is 0 Å². The van der Waals surface area contributed by atoms with E-state index < -0.39 is 5.60 Å². The summed E-state index contributed by atoms with van der Waals surface area (Å²) in [5.74, 6) is 0.653. The van der Waals surface area contributed by atoms with Crippen LogP contribution in [0.4, 0.5) is 0 Å². The van der Waals surface area contributed by atoms with Gasteiger partial charge in [0, 0.05) is 11.4 Å². The van der Waals surface area contributed by atoms with Gasteiger partial charge in [0.1, 0.15) is 10.7 Å². The Bertz CT molecular complexity index is 697. The van der Waals surface area contributed by atoms with E-state index in [1.165, 1.54) is 0 Å². The number of hydrogen-bond acceptors (Lipinski definition) is 5. The molecule has 0 aliphatic heterocycles. The second-order valence-electron chi connectivity index (χ2n) is 6.09. The van der Waals surface area contributed by atoms with Crippen LogP contribution in [0.1, 0.15) is 37.0 Å². The number of aromatic nitrogens is 2. The van der Waals surface area contributed by atoms with E-state index in [4.69, 9.17) is 0 Å². The van der Waals surface area contributed by atoms with Crippen LogP contribution in [0, 0.1) is 13.8 Å². The Morgan fingerprint density at radius 3 is 2.62 bits per heavy atom. The molecule has 2 heterocycles. The number of aliphatic hydroxyl groups is 1. The Hall–Kier alpha value is -1.24. The lowest BCUT2D eigenvalue weighted by Gasteiger charge is -2.27. The van der Waals surface area contributed by atoms with Crippen LogP contribution in [-0.4, -0.2) is 38.7 Å². The largest absolute Gasteiger partial charge is 0.389 e. The number of aryl methyl sites for hydroxylation is 2. The molecule has 2 N–H and O–H groups in total. The van der Waals surface area contributed by atoms with Crippen molar-refractivity contribution in [3.8, 4) is 0 Å². The molecule has 0 aromatic carbocycles. The van der Waals surface area contributed by atoms with Gasteiger partial charge in [0.05, 0.1) is 17.5 Å². The molecule has 2 aromatic rings. The maximum Gasteiger partial charge on any atom is 0.259 e. The van der Waals surface area contributed by atoms with Crippen molar-refractivity contribution >= 4 is 21.6 Å². The molecule has 6 heteroatoms. The van der Waals surface area contributed by atoms with Crippen LogP contribution in [0.25, 0.3) is 10.2 Å². The molecule has 0 radical (unpaired) electrons. The Balaban J connectivity index is 2.33. The monoisotopic (exact) mass is 309 g/mol. The van der Waals surface area contributed by atoms with E-state index in [-0.39, 0.29) is 5.56 Å². The molecule has 0 aliphatic carbocycles. The van der Waals surface area contributed by atoms with Crippen molar-refractivity contribution < 1.29 is 5.11 Å². The summed E-state index contributed by atoms with van der Waals surface area (Å²) < 4.78 is 0. The summed E-state index contributed by atoms with van der Waals surface area (Å²) in [4.78, 5) is 23.7. The summed E-state index contributed by atoms with van der Waals surface area (Å²) in [5.41, 5.74) is 0.173. The van der Waals surface area contributed by atoms with Gasteiger partial charge >= 0.3 is 0 Å². The highest BCUT2D eigenvalue weighted by atomic mass is 32.1. The zero-order valence-electron chi connectivity index (χ0n) is 13.3. The quantitative estimate of drug-likeness (QED) is 0.888. The molecular weight excluding hydrogens is 286 g/mol. The zero-order chi connectivity index (χ0) is 15.8. The third kappa shape index (κ3) is 3.70. The first kappa shape index (κ1) is 16.1. The predicted molar refractivity (Wildman–Crippen MR) is 87.0 cm³/mol. The van der Waals surface area contributed by atoms with Crippen LogP contribution >= 0.6 is 11.3 Å². The summed E-state index contributed by atoms with van der Waals surface area (Å²) >= 11 is 1.56. The molecule has 0 spiro atoms. The number of fused-ring (bicyclic) bond motifs is 1. The molecule has 0 aliphatic rings. The lowest BCUT2D eigenvalue weighted by molar-refractivity contribution is 0.0346. The topological polar surface area (TPSA) is 69.2 Å². The minimum atomic E-state index is -0.767. The summed E-state index contributed by atoms with van der Waals surface area (Å²) in [5, 5.41) is 10.6. The first-order chi connectivity index (χ1) is 9.71. The normalized spacial score (nSPS) is 12.5. The standard InChI is InChI=1S/C15H23N3O2S/c1-6-18(8-15(4,5)20)7-11-16-13(19)12-9(2)10(3)21-14(12)17-11/h20H,6-8H2,1-5H3,(H,16,17,19). The summed E-state index contributed by atoms with van der Waals surface area (Å²) in [6, 6.07) is 0. The minimum Gasteiger partial charge on any atom is -0.389 e. The highest BCUT2D eigenvalue weighted by Gasteiger charge is 2.19. The van der Waals surface area contributed by atoms with E-state index in [9.17, 15) is 9.90 Å². The molecule has 0 saturated heterocycles. The number of rotatable bonds is 5. The highest BCUT2D eigenvalue weighted by Crippen LogP contribution is 2.25. The van der Waals surface area contributed by atoms with Crippen molar-refractivity contribution in [2.24, 2.45) is 0 Å². The number of aromatic amines is 1. The van der Waals surface area contributed by atoms with Gasteiger partial charge in [-0.05, 0) is 39.8 Å². The number of nitrogens with one attached hydrogen (secondary N) is 1. The molecule has 0 saturated carbocycles. The lowest BCUT2D eigenvalue weighted by Crippen LogP contribution is -2.38. The van der Waals surface area contributed by atoms with Gasteiger partial charge in [-0.25, -0.2) is 4.98 Å². The third-order valence-electron chi connectivity index (χ3n) is 3.52. The van der Waals surface area contributed by atoms with Gasteiger partial charge in [-0.2, -0.15) is 0 Å². The van der Waals surface area contributed by atoms with Crippen molar-refractivity contribution in [3.05, 3.63) is 26.6 Å².